The number of hydrogen-bond acceptors (Lipinski definition) is 3. The standard InChI is InChI=1S/C15H25FN2O/c1-11(17-4)12-7-8-14(13(16)9-12)19-10-15(2,3)18(5)6/h7-9,11,17H,10H2,1-6H3. The first-order valence-corrected chi connectivity index (χ1v) is 6.55. The third kappa shape index (κ3) is 4.18. The normalized spacial score (nSPS) is 13.7. The minimum absolute atomic E-state index is 0.127. The van der Waals surface area contributed by atoms with E-state index in [2.05, 4.69) is 24.1 Å². The van der Waals surface area contributed by atoms with Crippen molar-refractivity contribution in [3.8, 4) is 5.75 Å². The monoisotopic (exact) mass is 268 g/mol. The minimum Gasteiger partial charge on any atom is -0.489 e. The first-order chi connectivity index (χ1) is 8.77. The lowest BCUT2D eigenvalue weighted by Crippen LogP contribution is -2.43. The molecule has 0 amide bonds. The molecule has 0 radical (unpaired) electrons. The van der Waals surface area contributed by atoms with Crippen molar-refractivity contribution in [1.82, 2.24) is 10.2 Å². The molecule has 1 N–H and O–H groups in total. The van der Waals surface area contributed by atoms with Crippen molar-refractivity contribution in [2.24, 2.45) is 0 Å². The van der Waals surface area contributed by atoms with E-state index in [0.717, 1.165) is 5.56 Å². The van der Waals surface area contributed by atoms with E-state index < -0.39 is 0 Å². The lowest BCUT2D eigenvalue weighted by molar-refractivity contribution is 0.111. The van der Waals surface area contributed by atoms with E-state index in [1.807, 2.05) is 34.1 Å². The van der Waals surface area contributed by atoms with Crippen LogP contribution < -0.4 is 10.1 Å². The molecule has 0 aliphatic carbocycles. The fourth-order valence-corrected chi connectivity index (χ4v) is 1.45. The first-order valence-electron chi connectivity index (χ1n) is 6.55. The summed E-state index contributed by atoms with van der Waals surface area (Å²) in [5, 5.41) is 3.08. The molecular weight excluding hydrogens is 243 g/mol. The van der Waals surface area contributed by atoms with E-state index in [1.54, 1.807) is 6.07 Å². The zero-order chi connectivity index (χ0) is 14.6. The van der Waals surface area contributed by atoms with Gasteiger partial charge in [-0.25, -0.2) is 4.39 Å². The fraction of sp³-hybridized carbons (Fsp3) is 0.600. The number of nitrogens with one attached hydrogen (secondary N) is 1. The molecule has 1 atom stereocenters. The smallest absolute Gasteiger partial charge is 0.165 e. The molecule has 0 bridgehead atoms. The Bertz CT molecular complexity index is 419. The van der Waals surface area contributed by atoms with Crippen LogP contribution >= 0.6 is 0 Å². The van der Waals surface area contributed by atoms with Crippen molar-refractivity contribution in [2.75, 3.05) is 27.7 Å². The highest BCUT2D eigenvalue weighted by Gasteiger charge is 2.22. The Morgan fingerprint density at radius 2 is 2.00 bits per heavy atom. The second-order valence-corrected chi connectivity index (χ2v) is 5.70. The molecule has 1 aromatic carbocycles. The fourth-order valence-electron chi connectivity index (χ4n) is 1.45. The number of ether oxygens (including phenoxy) is 1. The van der Waals surface area contributed by atoms with Crippen LogP contribution in [-0.4, -0.2) is 38.2 Å². The molecule has 1 unspecified atom stereocenters. The summed E-state index contributed by atoms with van der Waals surface area (Å²) in [5.41, 5.74) is 0.780. The third-order valence-corrected chi connectivity index (χ3v) is 3.68. The topological polar surface area (TPSA) is 24.5 Å². The van der Waals surface area contributed by atoms with Gasteiger partial charge in [-0.1, -0.05) is 6.07 Å². The van der Waals surface area contributed by atoms with E-state index in [9.17, 15) is 4.39 Å². The molecule has 0 saturated carbocycles. The zero-order valence-corrected chi connectivity index (χ0v) is 12.7. The SMILES string of the molecule is CNC(C)c1ccc(OCC(C)(C)N(C)C)c(F)c1. The average molecular weight is 268 g/mol. The molecule has 0 aliphatic heterocycles. The molecule has 0 aliphatic rings. The van der Waals surface area contributed by atoms with E-state index >= 15 is 0 Å². The summed E-state index contributed by atoms with van der Waals surface area (Å²) in [5.74, 6) is -0.00358. The summed E-state index contributed by atoms with van der Waals surface area (Å²) in [6.45, 7) is 6.55. The molecule has 0 saturated heterocycles. The number of nitrogens with zero attached hydrogens (tertiary/aromatic N) is 1. The van der Waals surface area contributed by atoms with Gasteiger partial charge in [-0.15, -0.1) is 0 Å². The molecule has 0 fully saturated rings. The summed E-state index contributed by atoms with van der Waals surface area (Å²) >= 11 is 0. The van der Waals surface area contributed by atoms with Crippen molar-refractivity contribution in [2.45, 2.75) is 32.4 Å². The zero-order valence-electron chi connectivity index (χ0n) is 12.7. The Morgan fingerprint density at radius 3 is 2.47 bits per heavy atom. The maximum Gasteiger partial charge on any atom is 0.165 e. The lowest BCUT2D eigenvalue weighted by atomic mass is 10.1. The maximum absolute atomic E-state index is 14.0. The molecule has 19 heavy (non-hydrogen) atoms. The summed E-state index contributed by atoms with van der Waals surface area (Å²) in [7, 11) is 5.82. The Labute approximate surface area is 115 Å². The Hall–Kier alpha value is -1.13. The van der Waals surface area contributed by atoms with Crippen LogP contribution in [0, 0.1) is 5.82 Å². The first kappa shape index (κ1) is 15.9. The van der Waals surface area contributed by atoms with Gasteiger partial charge in [-0.3, -0.25) is 0 Å². The predicted octanol–water partition coefficient (Wildman–Crippen LogP) is 2.83. The van der Waals surface area contributed by atoms with Gasteiger partial charge in [0, 0.05) is 11.6 Å². The molecule has 0 spiro atoms. The number of rotatable bonds is 6. The summed E-state index contributed by atoms with van der Waals surface area (Å²) < 4.78 is 19.6. The Morgan fingerprint density at radius 1 is 1.37 bits per heavy atom. The van der Waals surface area contributed by atoms with Crippen LogP contribution in [0.5, 0.6) is 5.75 Å². The van der Waals surface area contributed by atoms with Crippen LogP contribution in [-0.2, 0) is 0 Å². The number of benzene rings is 1. The van der Waals surface area contributed by atoms with Gasteiger partial charge < -0.3 is 15.0 Å². The van der Waals surface area contributed by atoms with Gasteiger partial charge in [0.05, 0.1) is 0 Å². The van der Waals surface area contributed by atoms with Crippen LogP contribution in [0.15, 0.2) is 18.2 Å². The number of likely N-dealkylation sites (N-methyl/N-ethyl adjacent to an activating group) is 1. The third-order valence-electron chi connectivity index (χ3n) is 3.68. The second kappa shape index (κ2) is 6.35. The van der Waals surface area contributed by atoms with E-state index in [0.29, 0.717) is 12.4 Å². The van der Waals surface area contributed by atoms with Gasteiger partial charge in [-0.05, 0) is 59.6 Å². The average Bonchev–Trinajstić information content (AvgIpc) is 2.36. The molecule has 1 aromatic rings. The van der Waals surface area contributed by atoms with Crippen molar-refractivity contribution in [3.05, 3.63) is 29.6 Å². The van der Waals surface area contributed by atoms with Crippen LogP contribution in [0.25, 0.3) is 0 Å². The van der Waals surface area contributed by atoms with E-state index in [4.69, 9.17) is 4.74 Å². The number of halogens is 1. The van der Waals surface area contributed by atoms with Gasteiger partial charge in [0.25, 0.3) is 0 Å². The van der Waals surface area contributed by atoms with Crippen molar-refractivity contribution >= 4 is 0 Å². The minimum atomic E-state index is -0.311. The summed E-state index contributed by atoms with van der Waals surface area (Å²) in [4.78, 5) is 2.06. The maximum atomic E-state index is 14.0. The van der Waals surface area contributed by atoms with Crippen LogP contribution in [0.4, 0.5) is 4.39 Å². The lowest BCUT2D eigenvalue weighted by Gasteiger charge is -2.32. The van der Waals surface area contributed by atoms with Crippen LogP contribution in [0.3, 0.4) is 0 Å². The second-order valence-electron chi connectivity index (χ2n) is 5.70. The van der Waals surface area contributed by atoms with E-state index in [-0.39, 0.29) is 17.4 Å². The highest BCUT2D eigenvalue weighted by molar-refractivity contribution is 5.31. The summed E-state index contributed by atoms with van der Waals surface area (Å²) in [6, 6.07) is 5.24. The highest BCUT2D eigenvalue weighted by atomic mass is 19.1. The molecule has 0 heterocycles. The largest absolute Gasteiger partial charge is 0.489 e. The molecular formula is C15H25FN2O. The Kier molecular flexibility index (Phi) is 5.32. The quantitative estimate of drug-likeness (QED) is 0.858. The van der Waals surface area contributed by atoms with Crippen LogP contribution in [0.1, 0.15) is 32.4 Å². The molecule has 108 valence electrons. The highest BCUT2D eigenvalue weighted by Crippen LogP contribution is 2.23. The number of hydrogen-bond donors (Lipinski definition) is 1. The van der Waals surface area contributed by atoms with Gasteiger partial charge in [0.15, 0.2) is 11.6 Å². The van der Waals surface area contributed by atoms with Crippen LogP contribution in [0.2, 0.25) is 0 Å². The molecule has 4 heteroatoms. The molecule has 1 rings (SSSR count). The predicted molar refractivity (Wildman–Crippen MR) is 77.1 cm³/mol. The Balaban J connectivity index is 2.76. The molecule has 3 nitrogen and oxygen atoms in total. The molecule has 0 aromatic heterocycles. The van der Waals surface area contributed by atoms with E-state index in [1.165, 1.54) is 6.07 Å². The van der Waals surface area contributed by atoms with Gasteiger partial charge in [0.1, 0.15) is 6.61 Å². The summed E-state index contributed by atoms with van der Waals surface area (Å²) in [6.07, 6.45) is 0. The van der Waals surface area contributed by atoms with Crippen molar-refractivity contribution in [3.63, 3.8) is 0 Å². The van der Waals surface area contributed by atoms with Gasteiger partial charge in [-0.2, -0.15) is 0 Å². The van der Waals surface area contributed by atoms with Crippen molar-refractivity contribution in [1.29, 1.82) is 0 Å². The van der Waals surface area contributed by atoms with Gasteiger partial charge in [0.2, 0.25) is 0 Å². The van der Waals surface area contributed by atoms with Gasteiger partial charge >= 0.3 is 0 Å². The van der Waals surface area contributed by atoms with Crippen molar-refractivity contribution < 1.29 is 9.13 Å².